The van der Waals surface area contributed by atoms with E-state index >= 15 is 0 Å². The van der Waals surface area contributed by atoms with Crippen molar-refractivity contribution in [2.75, 3.05) is 33.0 Å². The molecule has 2 N–H and O–H groups in total. The minimum Gasteiger partial charge on any atom is -0.379 e. The van der Waals surface area contributed by atoms with E-state index in [0.717, 1.165) is 25.7 Å². The minimum absolute atomic E-state index is 0.00159. The molecule has 7 nitrogen and oxygen atoms in total. The van der Waals surface area contributed by atoms with Crippen LogP contribution >= 0.6 is 0 Å². The van der Waals surface area contributed by atoms with Crippen LogP contribution in [0.1, 0.15) is 52.4 Å². The van der Waals surface area contributed by atoms with Gasteiger partial charge in [0.2, 0.25) is 11.8 Å². The molecule has 1 rings (SSSR count). The molecular formula is C18H32N2O5. The lowest BCUT2D eigenvalue weighted by atomic mass is 9.85. The van der Waals surface area contributed by atoms with Gasteiger partial charge in [0.15, 0.2) is 0 Å². The highest BCUT2D eigenvalue weighted by Crippen LogP contribution is 2.24. The van der Waals surface area contributed by atoms with Crippen LogP contribution in [0.15, 0.2) is 0 Å². The highest BCUT2D eigenvalue weighted by atomic mass is 16.5. The lowest BCUT2D eigenvalue weighted by molar-refractivity contribution is -0.127. The molecule has 25 heavy (non-hydrogen) atoms. The first-order chi connectivity index (χ1) is 12.1. The molecule has 0 aromatic heterocycles. The Morgan fingerprint density at radius 1 is 1.00 bits per heavy atom. The van der Waals surface area contributed by atoms with Crippen LogP contribution in [0.3, 0.4) is 0 Å². The van der Waals surface area contributed by atoms with Crippen LogP contribution < -0.4 is 10.6 Å². The lowest BCUT2D eigenvalue weighted by Gasteiger charge is -2.28. The van der Waals surface area contributed by atoms with E-state index in [2.05, 4.69) is 10.6 Å². The SMILES string of the molecule is CCOCC(=O)NC1CCC(C(=O)NCCOCCC(=O)CC)CC1. The molecule has 1 fully saturated rings. The summed E-state index contributed by atoms with van der Waals surface area (Å²) in [5.41, 5.74) is 0. The van der Waals surface area contributed by atoms with Crippen LogP contribution in [0, 0.1) is 5.92 Å². The van der Waals surface area contributed by atoms with Gasteiger partial charge in [-0.25, -0.2) is 0 Å². The molecule has 0 unspecified atom stereocenters. The molecule has 0 aromatic rings. The molecule has 2 amide bonds. The maximum absolute atomic E-state index is 12.1. The Hall–Kier alpha value is -1.47. The third-order valence-electron chi connectivity index (χ3n) is 4.37. The zero-order valence-electron chi connectivity index (χ0n) is 15.5. The number of hydrogen-bond donors (Lipinski definition) is 2. The Morgan fingerprint density at radius 2 is 1.72 bits per heavy atom. The molecule has 1 saturated carbocycles. The van der Waals surface area contributed by atoms with E-state index in [4.69, 9.17) is 9.47 Å². The summed E-state index contributed by atoms with van der Waals surface area (Å²) in [6.07, 6.45) is 4.14. The van der Waals surface area contributed by atoms with Crippen molar-refractivity contribution in [2.24, 2.45) is 5.92 Å². The molecule has 0 bridgehead atoms. The normalized spacial score (nSPS) is 20.1. The highest BCUT2D eigenvalue weighted by Gasteiger charge is 2.26. The number of ether oxygens (including phenoxy) is 2. The first-order valence-corrected chi connectivity index (χ1v) is 9.31. The number of amides is 2. The van der Waals surface area contributed by atoms with Crippen molar-refractivity contribution >= 4 is 17.6 Å². The molecule has 0 saturated heterocycles. The molecular weight excluding hydrogens is 324 g/mol. The molecule has 0 atom stereocenters. The maximum atomic E-state index is 12.1. The average Bonchev–Trinajstić information content (AvgIpc) is 2.62. The largest absolute Gasteiger partial charge is 0.379 e. The van der Waals surface area contributed by atoms with Crippen LogP contribution in [-0.2, 0) is 23.9 Å². The third kappa shape index (κ3) is 9.55. The molecule has 0 radical (unpaired) electrons. The average molecular weight is 356 g/mol. The van der Waals surface area contributed by atoms with Crippen molar-refractivity contribution in [3.05, 3.63) is 0 Å². The fourth-order valence-corrected chi connectivity index (χ4v) is 2.82. The van der Waals surface area contributed by atoms with Gasteiger partial charge in [-0.05, 0) is 32.6 Å². The summed E-state index contributed by atoms with van der Waals surface area (Å²) in [7, 11) is 0. The number of Topliss-reactive ketones (excluding diaryl/α,β-unsaturated/α-hetero) is 1. The summed E-state index contributed by atoms with van der Waals surface area (Å²) < 4.78 is 10.4. The van der Waals surface area contributed by atoms with Gasteiger partial charge in [-0.2, -0.15) is 0 Å². The first-order valence-electron chi connectivity index (χ1n) is 9.31. The monoisotopic (exact) mass is 356 g/mol. The molecule has 1 aliphatic carbocycles. The van der Waals surface area contributed by atoms with E-state index < -0.39 is 0 Å². The Bertz CT molecular complexity index is 420. The van der Waals surface area contributed by atoms with Gasteiger partial charge in [0, 0.05) is 38.0 Å². The summed E-state index contributed by atoms with van der Waals surface area (Å²) in [6.45, 7) is 5.61. The van der Waals surface area contributed by atoms with Gasteiger partial charge in [-0.3, -0.25) is 14.4 Å². The summed E-state index contributed by atoms with van der Waals surface area (Å²) in [5.74, 6) is 0.150. The first kappa shape index (κ1) is 21.6. The molecule has 7 heteroatoms. The summed E-state index contributed by atoms with van der Waals surface area (Å²) in [4.78, 5) is 34.9. The number of hydrogen-bond acceptors (Lipinski definition) is 5. The van der Waals surface area contributed by atoms with Gasteiger partial charge in [-0.15, -0.1) is 0 Å². The number of nitrogens with one attached hydrogen (secondary N) is 2. The quantitative estimate of drug-likeness (QED) is 0.513. The molecule has 144 valence electrons. The second kappa shape index (κ2) is 12.8. The molecule has 0 aromatic carbocycles. The van der Waals surface area contributed by atoms with Crippen LogP contribution in [0.2, 0.25) is 0 Å². The maximum Gasteiger partial charge on any atom is 0.246 e. The smallest absolute Gasteiger partial charge is 0.246 e. The summed E-state index contributed by atoms with van der Waals surface area (Å²) in [6, 6.07) is 0.136. The Balaban J connectivity index is 2.08. The highest BCUT2D eigenvalue weighted by molar-refractivity contribution is 5.79. The van der Waals surface area contributed by atoms with Gasteiger partial charge in [0.05, 0.1) is 13.2 Å². The molecule has 0 heterocycles. The van der Waals surface area contributed by atoms with E-state index in [-0.39, 0.29) is 36.2 Å². The van der Waals surface area contributed by atoms with Crippen LogP contribution in [0.25, 0.3) is 0 Å². The zero-order chi connectivity index (χ0) is 18.5. The van der Waals surface area contributed by atoms with Crippen LogP contribution in [0.4, 0.5) is 0 Å². The number of carbonyl (C=O) groups excluding carboxylic acids is 3. The van der Waals surface area contributed by atoms with E-state index in [0.29, 0.717) is 39.2 Å². The second-order valence-corrected chi connectivity index (χ2v) is 6.30. The number of ketones is 1. The minimum atomic E-state index is -0.0894. The van der Waals surface area contributed by atoms with Gasteiger partial charge < -0.3 is 20.1 Å². The zero-order valence-corrected chi connectivity index (χ0v) is 15.5. The predicted molar refractivity (Wildman–Crippen MR) is 94.1 cm³/mol. The Kier molecular flexibility index (Phi) is 11.1. The van der Waals surface area contributed by atoms with Gasteiger partial charge >= 0.3 is 0 Å². The van der Waals surface area contributed by atoms with E-state index in [1.807, 2.05) is 13.8 Å². The third-order valence-corrected chi connectivity index (χ3v) is 4.37. The fourth-order valence-electron chi connectivity index (χ4n) is 2.82. The van der Waals surface area contributed by atoms with Crippen molar-refractivity contribution < 1.29 is 23.9 Å². The topological polar surface area (TPSA) is 93.7 Å². The molecule has 0 spiro atoms. The predicted octanol–water partition coefficient (Wildman–Crippen LogP) is 1.20. The van der Waals surface area contributed by atoms with Crippen molar-refractivity contribution in [1.29, 1.82) is 0 Å². The molecule has 0 aliphatic heterocycles. The number of rotatable bonds is 12. The van der Waals surface area contributed by atoms with Crippen LogP contribution in [0.5, 0.6) is 0 Å². The van der Waals surface area contributed by atoms with Crippen molar-refractivity contribution in [2.45, 2.75) is 58.4 Å². The second-order valence-electron chi connectivity index (χ2n) is 6.30. The van der Waals surface area contributed by atoms with Crippen molar-refractivity contribution in [1.82, 2.24) is 10.6 Å². The molecule has 1 aliphatic rings. The van der Waals surface area contributed by atoms with Gasteiger partial charge in [0.25, 0.3) is 0 Å². The van der Waals surface area contributed by atoms with E-state index in [9.17, 15) is 14.4 Å². The standard InChI is InChI=1S/C18H32N2O5/c1-3-16(21)9-11-25-12-10-19-18(23)14-5-7-15(8-6-14)20-17(22)13-24-4-2/h14-15H,3-13H2,1-2H3,(H,19,23)(H,20,22). The van der Waals surface area contributed by atoms with E-state index in [1.54, 1.807) is 0 Å². The fraction of sp³-hybridized carbons (Fsp3) is 0.833. The van der Waals surface area contributed by atoms with Crippen molar-refractivity contribution in [3.8, 4) is 0 Å². The van der Waals surface area contributed by atoms with Gasteiger partial charge in [0.1, 0.15) is 12.4 Å². The van der Waals surface area contributed by atoms with Crippen molar-refractivity contribution in [3.63, 3.8) is 0 Å². The Labute approximate surface area is 150 Å². The lowest BCUT2D eigenvalue weighted by Crippen LogP contribution is -2.42. The van der Waals surface area contributed by atoms with E-state index in [1.165, 1.54) is 0 Å². The summed E-state index contributed by atoms with van der Waals surface area (Å²) in [5, 5.41) is 5.83. The summed E-state index contributed by atoms with van der Waals surface area (Å²) >= 11 is 0. The Morgan fingerprint density at radius 3 is 2.36 bits per heavy atom. The van der Waals surface area contributed by atoms with Gasteiger partial charge in [-0.1, -0.05) is 6.92 Å². The number of carbonyl (C=O) groups is 3. The van der Waals surface area contributed by atoms with Crippen LogP contribution in [-0.4, -0.2) is 56.6 Å².